The lowest BCUT2D eigenvalue weighted by atomic mass is 9.95. The number of amides is 1. The summed E-state index contributed by atoms with van der Waals surface area (Å²) in [6, 6.07) is 15.2. The number of para-hydroxylation sites is 2. The lowest BCUT2D eigenvalue weighted by molar-refractivity contribution is 0.0692. The number of aromatic nitrogens is 2. The molecule has 0 atom stereocenters. The summed E-state index contributed by atoms with van der Waals surface area (Å²) in [7, 11) is 0. The molecular weight excluding hydrogens is 391 g/mol. The summed E-state index contributed by atoms with van der Waals surface area (Å²) in [6.07, 6.45) is 4.70. The number of hydrogen-bond donors (Lipinski definition) is 0. The molecule has 0 bridgehead atoms. The van der Waals surface area contributed by atoms with Crippen molar-refractivity contribution in [2.75, 3.05) is 31.1 Å². The maximum absolute atomic E-state index is 14.2. The van der Waals surface area contributed by atoms with E-state index in [1.54, 1.807) is 24.4 Å². The Morgan fingerprint density at radius 3 is 2.52 bits per heavy atom. The molecule has 0 aliphatic carbocycles. The molecule has 31 heavy (non-hydrogen) atoms. The number of fused-ring (bicyclic) bond motifs is 1. The van der Waals surface area contributed by atoms with E-state index in [0.29, 0.717) is 22.9 Å². The molecule has 3 heterocycles. The topological polar surface area (TPSA) is 41.4 Å². The maximum atomic E-state index is 14.2. The minimum atomic E-state index is -0.350. The Kier molecular flexibility index (Phi) is 5.22. The molecule has 5 nitrogen and oxygen atoms in total. The normalized spacial score (nSPS) is 16.6. The van der Waals surface area contributed by atoms with Crippen LogP contribution in [0.2, 0.25) is 0 Å². The van der Waals surface area contributed by atoms with Crippen molar-refractivity contribution < 1.29 is 9.18 Å². The summed E-state index contributed by atoms with van der Waals surface area (Å²) in [5, 5.41) is 4.29. The first-order valence-corrected chi connectivity index (χ1v) is 11.0. The van der Waals surface area contributed by atoms with Crippen LogP contribution in [-0.4, -0.2) is 46.8 Å². The zero-order valence-corrected chi connectivity index (χ0v) is 17.8. The highest BCUT2D eigenvalue weighted by Crippen LogP contribution is 2.30. The Balaban J connectivity index is 1.23. The molecule has 1 amide bonds. The van der Waals surface area contributed by atoms with Gasteiger partial charge in [-0.3, -0.25) is 4.79 Å². The van der Waals surface area contributed by atoms with Gasteiger partial charge in [-0.2, -0.15) is 5.10 Å². The molecular formula is C25H27FN4O. The predicted octanol–water partition coefficient (Wildman–Crippen LogP) is 4.23. The van der Waals surface area contributed by atoms with Gasteiger partial charge in [0.05, 0.1) is 17.5 Å². The summed E-state index contributed by atoms with van der Waals surface area (Å²) in [5.74, 6) is 0.236. The number of carbonyl (C=O) groups excluding carboxylic acids is 1. The van der Waals surface area contributed by atoms with Crippen LogP contribution in [0.4, 0.5) is 10.1 Å². The van der Waals surface area contributed by atoms with Crippen LogP contribution in [0.25, 0.3) is 5.69 Å². The molecule has 1 saturated heterocycles. The van der Waals surface area contributed by atoms with Gasteiger partial charge in [-0.25, -0.2) is 9.07 Å². The number of piperidine rings is 1. The fraction of sp³-hybridized carbons (Fsp3) is 0.360. The monoisotopic (exact) mass is 418 g/mol. The minimum Gasteiger partial charge on any atom is -0.371 e. The van der Waals surface area contributed by atoms with Crippen LogP contribution in [0.1, 0.15) is 34.5 Å². The molecule has 0 saturated carbocycles. The van der Waals surface area contributed by atoms with Crippen LogP contribution in [0.3, 0.4) is 0 Å². The molecule has 1 aromatic heterocycles. The molecule has 1 fully saturated rings. The number of hydrogen-bond acceptors (Lipinski definition) is 3. The van der Waals surface area contributed by atoms with Gasteiger partial charge in [0, 0.05) is 31.9 Å². The Morgan fingerprint density at radius 2 is 1.74 bits per heavy atom. The number of likely N-dealkylation sites (tertiary alicyclic amines) is 1. The average Bonchev–Trinajstić information content (AvgIpc) is 3.38. The smallest absolute Gasteiger partial charge is 0.257 e. The second-order valence-electron chi connectivity index (χ2n) is 8.57. The van der Waals surface area contributed by atoms with Crippen molar-refractivity contribution in [1.82, 2.24) is 14.7 Å². The van der Waals surface area contributed by atoms with Crippen molar-refractivity contribution in [3.05, 3.63) is 77.4 Å². The van der Waals surface area contributed by atoms with E-state index < -0.39 is 0 Å². The van der Waals surface area contributed by atoms with Gasteiger partial charge in [-0.05, 0) is 55.9 Å². The molecule has 6 heteroatoms. The first-order valence-electron chi connectivity index (χ1n) is 11.0. The molecule has 0 radical (unpaired) electrons. The second-order valence-corrected chi connectivity index (χ2v) is 8.57. The fourth-order valence-corrected chi connectivity index (χ4v) is 4.88. The highest BCUT2D eigenvalue weighted by Gasteiger charge is 2.28. The highest BCUT2D eigenvalue weighted by atomic mass is 19.1. The molecule has 0 spiro atoms. The zero-order valence-electron chi connectivity index (χ0n) is 17.8. The summed E-state index contributed by atoms with van der Waals surface area (Å²) >= 11 is 0. The molecule has 0 unspecified atom stereocenters. The van der Waals surface area contributed by atoms with Gasteiger partial charge in [0.2, 0.25) is 0 Å². The van der Waals surface area contributed by atoms with Gasteiger partial charge in [-0.15, -0.1) is 0 Å². The quantitative estimate of drug-likeness (QED) is 0.637. The van der Waals surface area contributed by atoms with Crippen molar-refractivity contribution in [2.45, 2.75) is 26.2 Å². The van der Waals surface area contributed by atoms with E-state index in [1.807, 2.05) is 11.8 Å². The summed E-state index contributed by atoms with van der Waals surface area (Å²) < 4.78 is 15.7. The summed E-state index contributed by atoms with van der Waals surface area (Å²) in [4.78, 5) is 17.6. The number of carbonyl (C=O) groups is 1. The fourth-order valence-electron chi connectivity index (χ4n) is 4.88. The predicted molar refractivity (Wildman–Crippen MR) is 119 cm³/mol. The van der Waals surface area contributed by atoms with Gasteiger partial charge >= 0.3 is 0 Å². The van der Waals surface area contributed by atoms with E-state index in [0.717, 1.165) is 45.4 Å². The van der Waals surface area contributed by atoms with Crippen LogP contribution in [0, 0.1) is 18.7 Å². The number of benzene rings is 2. The standard InChI is InChI=1S/C25H27FN4O/c1-18-21(16-27-30(18)24-9-5-3-7-22(24)26)25(31)28-13-10-19(11-14-28)17-29-15-12-20-6-2-4-8-23(20)29/h2-9,16,19H,10-15,17H2,1H3. The third-order valence-corrected chi connectivity index (χ3v) is 6.68. The Labute approximate surface area is 182 Å². The van der Waals surface area contributed by atoms with Gasteiger partial charge in [0.15, 0.2) is 0 Å². The molecule has 3 aromatic rings. The van der Waals surface area contributed by atoms with Crippen LogP contribution >= 0.6 is 0 Å². The molecule has 2 aliphatic heterocycles. The number of halogens is 1. The lowest BCUT2D eigenvalue weighted by Crippen LogP contribution is -2.41. The molecule has 5 rings (SSSR count). The maximum Gasteiger partial charge on any atom is 0.257 e. The highest BCUT2D eigenvalue weighted by molar-refractivity contribution is 5.95. The number of nitrogens with zero attached hydrogens (tertiary/aromatic N) is 4. The van der Waals surface area contributed by atoms with Crippen LogP contribution in [0.5, 0.6) is 0 Å². The van der Waals surface area contributed by atoms with E-state index in [-0.39, 0.29) is 11.7 Å². The third-order valence-electron chi connectivity index (χ3n) is 6.68. The number of anilines is 1. The first kappa shape index (κ1) is 19.8. The summed E-state index contributed by atoms with van der Waals surface area (Å²) in [5.41, 5.74) is 4.40. The minimum absolute atomic E-state index is 0.00921. The molecule has 2 aromatic carbocycles. The van der Waals surface area contributed by atoms with Gasteiger partial charge in [0.25, 0.3) is 5.91 Å². The second kappa shape index (κ2) is 8.17. The third kappa shape index (κ3) is 3.71. The van der Waals surface area contributed by atoms with Gasteiger partial charge in [-0.1, -0.05) is 30.3 Å². The van der Waals surface area contributed by atoms with Crippen LogP contribution in [-0.2, 0) is 6.42 Å². The van der Waals surface area contributed by atoms with E-state index in [4.69, 9.17) is 0 Å². The average molecular weight is 419 g/mol. The molecule has 0 N–H and O–H groups in total. The van der Waals surface area contributed by atoms with Crippen molar-refractivity contribution in [3.8, 4) is 5.69 Å². The Hall–Kier alpha value is -3.15. The zero-order chi connectivity index (χ0) is 21.4. The van der Waals surface area contributed by atoms with Crippen molar-refractivity contribution in [1.29, 1.82) is 0 Å². The van der Waals surface area contributed by atoms with Crippen LogP contribution < -0.4 is 4.90 Å². The van der Waals surface area contributed by atoms with E-state index >= 15 is 0 Å². The lowest BCUT2D eigenvalue weighted by Gasteiger charge is -2.34. The largest absolute Gasteiger partial charge is 0.371 e. The van der Waals surface area contributed by atoms with Gasteiger partial charge in [0.1, 0.15) is 11.5 Å². The van der Waals surface area contributed by atoms with Gasteiger partial charge < -0.3 is 9.80 Å². The first-order chi connectivity index (χ1) is 15.1. The number of rotatable bonds is 4. The van der Waals surface area contributed by atoms with E-state index in [1.165, 1.54) is 22.0 Å². The van der Waals surface area contributed by atoms with E-state index in [2.05, 4.69) is 34.3 Å². The Morgan fingerprint density at radius 1 is 1.03 bits per heavy atom. The summed E-state index contributed by atoms with van der Waals surface area (Å²) in [6.45, 7) is 5.48. The SMILES string of the molecule is Cc1c(C(=O)N2CCC(CN3CCc4ccccc43)CC2)cnn1-c1ccccc1F. The molecule has 160 valence electrons. The van der Waals surface area contributed by atoms with Crippen molar-refractivity contribution >= 4 is 11.6 Å². The Bertz CT molecular complexity index is 1100. The molecule has 2 aliphatic rings. The van der Waals surface area contributed by atoms with E-state index in [9.17, 15) is 9.18 Å². The van der Waals surface area contributed by atoms with Crippen molar-refractivity contribution in [2.24, 2.45) is 5.92 Å². The van der Waals surface area contributed by atoms with Crippen molar-refractivity contribution in [3.63, 3.8) is 0 Å². The van der Waals surface area contributed by atoms with Crippen LogP contribution in [0.15, 0.2) is 54.7 Å².